The van der Waals surface area contributed by atoms with Gasteiger partial charge in [0.1, 0.15) is 0 Å². The second kappa shape index (κ2) is 17.3. The van der Waals surface area contributed by atoms with Crippen LogP contribution in [0.5, 0.6) is 0 Å². The number of ether oxygens (including phenoxy) is 2. The van der Waals surface area contributed by atoms with Gasteiger partial charge in [0.15, 0.2) is 0 Å². The summed E-state index contributed by atoms with van der Waals surface area (Å²) >= 11 is 0. The van der Waals surface area contributed by atoms with Crippen LogP contribution in [0, 0.1) is 11.8 Å². The van der Waals surface area contributed by atoms with Gasteiger partial charge in [0.2, 0.25) is 6.29 Å². The Morgan fingerprint density at radius 3 is 1.94 bits per heavy atom. The van der Waals surface area contributed by atoms with E-state index in [0.717, 1.165) is 12.0 Å². The van der Waals surface area contributed by atoms with Gasteiger partial charge in [-0.3, -0.25) is 9.59 Å². The summed E-state index contributed by atoms with van der Waals surface area (Å²) in [6.45, 7) is 2.65. The van der Waals surface area contributed by atoms with Gasteiger partial charge in [0.05, 0.1) is 13.2 Å². The number of carbonyl (C=O) groups is 2. The van der Waals surface area contributed by atoms with E-state index in [2.05, 4.69) is 30.9 Å². The summed E-state index contributed by atoms with van der Waals surface area (Å²) in [6.07, 6.45) is 8.68. The molecule has 0 saturated heterocycles. The third-order valence-corrected chi connectivity index (χ3v) is 4.72. The molecule has 1 aromatic rings. The largest absolute Gasteiger partial charge is 0.481 e. The summed E-state index contributed by atoms with van der Waals surface area (Å²) in [6, 6.07) is 8.13. The van der Waals surface area contributed by atoms with Gasteiger partial charge in [-0.25, -0.2) is 0 Å². The Morgan fingerprint density at radius 1 is 0.839 bits per heavy atom. The molecular weight excluding hydrogens is 396 g/mol. The molecule has 6 nitrogen and oxygen atoms in total. The fourth-order valence-corrected chi connectivity index (χ4v) is 2.97. The van der Waals surface area contributed by atoms with Gasteiger partial charge in [-0.05, 0) is 49.3 Å². The van der Waals surface area contributed by atoms with E-state index in [0.29, 0.717) is 12.8 Å². The minimum Gasteiger partial charge on any atom is -0.481 e. The van der Waals surface area contributed by atoms with Crippen LogP contribution in [0.25, 0.3) is 0 Å². The lowest BCUT2D eigenvalue weighted by Crippen LogP contribution is -2.17. The maximum Gasteiger partial charge on any atom is 0.303 e. The second-order valence-electron chi connectivity index (χ2n) is 7.55. The summed E-state index contributed by atoms with van der Waals surface area (Å²) in [5.74, 6) is 4.18. The smallest absolute Gasteiger partial charge is 0.303 e. The molecule has 6 heteroatoms. The summed E-state index contributed by atoms with van der Waals surface area (Å²) in [4.78, 5) is 21.2. The lowest BCUT2D eigenvalue weighted by atomic mass is 10.0. The molecule has 0 amide bonds. The highest BCUT2D eigenvalue weighted by atomic mass is 16.7. The molecule has 0 aromatic heterocycles. The van der Waals surface area contributed by atoms with Crippen LogP contribution >= 0.6 is 0 Å². The molecule has 0 atom stereocenters. The third kappa shape index (κ3) is 15.1. The number of carboxylic acids is 2. The number of hydrogen-bond donors (Lipinski definition) is 2. The van der Waals surface area contributed by atoms with E-state index in [9.17, 15) is 9.59 Å². The number of rotatable bonds is 17. The molecule has 0 aliphatic rings. The fourth-order valence-electron chi connectivity index (χ4n) is 2.97. The molecule has 31 heavy (non-hydrogen) atoms. The summed E-state index contributed by atoms with van der Waals surface area (Å²) < 4.78 is 11.1. The first-order valence-corrected chi connectivity index (χ1v) is 11.3. The predicted octanol–water partition coefficient (Wildman–Crippen LogP) is 5.03. The Bertz CT molecular complexity index is 664. The van der Waals surface area contributed by atoms with Gasteiger partial charge in [0.25, 0.3) is 0 Å². The Hall–Kier alpha value is -2.36. The van der Waals surface area contributed by atoms with E-state index in [1.54, 1.807) is 0 Å². The normalized spacial score (nSPS) is 10.6. The van der Waals surface area contributed by atoms with Crippen LogP contribution in [-0.2, 0) is 25.5 Å². The minimum atomic E-state index is -0.880. The summed E-state index contributed by atoms with van der Waals surface area (Å²) in [7, 11) is 0. The number of aryl methyl sites for hydroxylation is 1. The zero-order chi connectivity index (χ0) is 22.7. The van der Waals surface area contributed by atoms with Crippen molar-refractivity contribution in [3.63, 3.8) is 0 Å². The van der Waals surface area contributed by atoms with Crippen molar-refractivity contribution in [1.29, 1.82) is 0 Å². The van der Waals surface area contributed by atoms with Gasteiger partial charge < -0.3 is 19.7 Å². The molecule has 0 radical (unpaired) electrons. The molecule has 1 rings (SSSR count). The molecule has 0 spiro atoms. The Balaban J connectivity index is 2.50. The first kappa shape index (κ1) is 26.7. The number of aliphatic carboxylic acids is 2. The van der Waals surface area contributed by atoms with Crippen LogP contribution in [0.1, 0.15) is 82.3 Å². The van der Waals surface area contributed by atoms with Crippen molar-refractivity contribution in [3.8, 4) is 11.8 Å². The summed E-state index contributed by atoms with van der Waals surface area (Å²) in [5, 5.41) is 17.4. The number of hydrogen-bond acceptors (Lipinski definition) is 4. The van der Waals surface area contributed by atoms with Crippen molar-refractivity contribution in [2.45, 2.75) is 83.8 Å². The zero-order valence-corrected chi connectivity index (χ0v) is 18.6. The zero-order valence-electron chi connectivity index (χ0n) is 18.6. The predicted molar refractivity (Wildman–Crippen MR) is 120 cm³/mol. The van der Waals surface area contributed by atoms with Crippen LogP contribution in [0.2, 0.25) is 0 Å². The molecule has 0 unspecified atom stereocenters. The highest BCUT2D eigenvalue weighted by Crippen LogP contribution is 2.11. The van der Waals surface area contributed by atoms with E-state index in [4.69, 9.17) is 19.7 Å². The molecule has 1 aromatic carbocycles. The van der Waals surface area contributed by atoms with Gasteiger partial charge in [-0.1, -0.05) is 57.1 Å². The molecule has 2 N–H and O–H groups in total. The van der Waals surface area contributed by atoms with Gasteiger partial charge in [0, 0.05) is 18.4 Å². The Kier molecular flexibility index (Phi) is 14.9. The number of carboxylic acid groups (broad SMARTS) is 2. The molecular formula is C25H36O6. The van der Waals surface area contributed by atoms with Crippen LogP contribution in [0.3, 0.4) is 0 Å². The Morgan fingerprint density at radius 2 is 1.39 bits per heavy atom. The van der Waals surface area contributed by atoms with Crippen LogP contribution in [0.15, 0.2) is 24.3 Å². The molecule has 0 fully saturated rings. The van der Waals surface area contributed by atoms with Crippen molar-refractivity contribution >= 4 is 11.9 Å². The average molecular weight is 433 g/mol. The van der Waals surface area contributed by atoms with E-state index in [1.165, 1.54) is 44.1 Å². The van der Waals surface area contributed by atoms with E-state index in [1.807, 2.05) is 12.1 Å². The first-order valence-electron chi connectivity index (χ1n) is 11.3. The van der Waals surface area contributed by atoms with Gasteiger partial charge >= 0.3 is 11.9 Å². The summed E-state index contributed by atoms with van der Waals surface area (Å²) in [5.41, 5.74) is 2.15. The average Bonchev–Trinajstić information content (AvgIpc) is 2.74. The molecule has 0 aliphatic carbocycles. The van der Waals surface area contributed by atoms with Crippen LogP contribution < -0.4 is 0 Å². The third-order valence-electron chi connectivity index (χ3n) is 4.72. The molecule has 172 valence electrons. The number of unbranched alkanes of at least 4 members (excludes halogenated alkanes) is 5. The maximum absolute atomic E-state index is 10.6. The van der Waals surface area contributed by atoms with Gasteiger partial charge in [-0.2, -0.15) is 0 Å². The van der Waals surface area contributed by atoms with Crippen molar-refractivity contribution in [3.05, 3.63) is 35.4 Å². The highest BCUT2D eigenvalue weighted by molar-refractivity contribution is 5.66. The van der Waals surface area contributed by atoms with E-state index < -0.39 is 18.2 Å². The second-order valence-corrected chi connectivity index (χ2v) is 7.55. The van der Waals surface area contributed by atoms with Crippen molar-refractivity contribution in [1.82, 2.24) is 0 Å². The maximum atomic E-state index is 10.6. The highest BCUT2D eigenvalue weighted by Gasteiger charge is 2.07. The molecule has 0 aliphatic heterocycles. The SMILES string of the molecule is CCCCCCCCc1ccc(C#CC(OCCCC(=O)O)OCCCC(=O)O)cc1. The van der Waals surface area contributed by atoms with Crippen molar-refractivity contribution in [2.24, 2.45) is 0 Å². The topological polar surface area (TPSA) is 93.1 Å². The van der Waals surface area contributed by atoms with Crippen LogP contribution in [-0.4, -0.2) is 41.7 Å². The molecule has 0 bridgehead atoms. The van der Waals surface area contributed by atoms with E-state index in [-0.39, 0.29) is 26.1 Å². The quantitative estimate of drug-likeness (QED) is 0.204. The van der Waals surface area contributed by atoms with Crippen molar-refractivity contribution < 1.29 is 29.3 Å². The number of benzene rings is 1. The first-order chi connectivity index (χ1) is 15.0. The Labute approximate surface area is 186 Å². The lowest BCUT2D eigenvalue weighted by molar-refractivity contribution is -0.139. The molecule has 0 heterocycles. The van der Waals surface area contributed by atoms with Crippen LogP contribution in [0.4, 0.5) is 0 Å². The monoisotopic (exact) mass is 432 g/mol. The minimum absolute atomic E-state index is 0.0131. The van der Waals surface area contributed by atoms with E-state index >= 15 is 0 Å². The van der Waals surface area contributed by atoms with Gasteiger partial charge in [-0.15, -0.1) is 0 Å². The lowest BCUT2D eigenvalue weighted by Gasteiger charge is -2.12. The van der Waals surface area contributed by atoms with Crippen molar-refractivity contribution in [2.75, 3.05) is 13.2 Å². The molecule has 0 saturated carbocycles. The fraction of sp³-hybridized carbons (Fsp3) is 0.600. The standard InChI is InChI=1S/C25H36O6/c1-2-3-4-5-6-7-10-21-13-15-22(16-14-21)17-18-25(30-19-8-11-23(26)27)31-20-9-12-24(28)29/h13-16,25H,2-12,19-20H2,1H3,(H,26,27)(H,28,29).